The Labute approximate surface area is 240 Å². The molecule has 0 spiro atoms. The Morgan fingerprint density at radius 3 is 1.93 bits per heavy atom. The molecule has 0 saturated heterocycles. The summed E-state index contributed by atoms with van der Waals surface area (Å²) in [7, 11) is -7.94. The normalized spacial score (nSPS) is 18.3. The van der Waals surface area contributed by atoms with Gasteiger partial charge in [-0.3, -0.25) is 0 Å². The number of rotatable bonds is 7. The Hall–Kier alpha value is -2.89. The number of aryl methyl sites for hydroxylation is 2. The Kier molecular flexibility index (Phi) is 7.75. The Bertz CT molecular complexity index is 1730. The molecule has 0 radical (unpaired) electrons. The van der Waals surface area contributed by atoms with Crippen LogP contribution in [0.1, 0.15) is 34.9 Å². The molecule has 7 nitrogen and oxygen atoms in total. The third-order valence-electron chi connectivity index (χ3n) is 7.18. The van der Waals surface area contributed by atoms with Gasteiger partial charge in [-0.2, -0.15) is 4.31 Å². The maximum absolute atomic E-state index is 14.0. The van der Waals surface area contributed by atoms with Crippen LogP contribution >= 0.6 is 11.8 Å². The molecule has 10 heteroatoms. The van der Waals surface area contributed by atoms with Gasteiger partial charge < -0.3 is 5.11 Å². The first kappa shape index (κ1) is 28.6. The van der Waals surface area contributed by atoms with Crippen molar-refractivity contribution in [2.45, 2.75) is 59.8 Å². The first-order chi connectivity index (χ1) is 18.9. The molecular formula is C30H32N2O5S3. The lowest BCUT2D eigenvalue weighted by atomic mass is 10.0. The van der Waals surface area contributed by atoms with Crippen molar-refractivity contribution in [3.8, 4) is 0 Å². The number of thioether (sulfide) groups is 1. The fraction of sp³-hybridized carbons (Fsp3) is 0.267. The molecule has 0 aliphatic carbocycles. The van der Waals surface area contributed by atoms with E-state index in [1.807, 2.05) is 51.1 Å². The average molecular weight is 597 g/mol. The zero-order valence-corrected chi connectivity index (χ0v) is 25.1. The SMILES string of the molecule is Cc1ccc(S(=O)(=O)N2Cc3c(CO)cn(S(=O)(=O)c4ccc(C)cc4)c3C[C@](C)(Sc3ccccc3)C2)cc1. The van der Waals surface area contributed by atoms with Gasteiger partial charge in [-0.1, -0.05) is 53.6 Å². The minimum Gasteiger partial charge on any atom is -0.392 e. The van der Waals surface area contributed by atoms with Crippen LogP contribution in [0, 0.1) is 13.8 Å². The van der Waals surface area contributed by atoms with Crippen LogP contribution in [0.25, 0.3) is 0 Å². The Balaban J connectivity index is 1.68. The molecule has 1 aliphatic heterocycles. The number of aliphatic hydroxyl groups is 1. The number of aromatic nitrogens is 1. The van der Waals surface area contributed by atoms with Gasteiger partial charge in [-0.15, -0.1) is 11.8 Å². The molecule has 40 heavy (non-hydrogen) atoms. The summed E-state index contributed by atoms with van der Waals surface area (Å²) in [6.45, 7) is 5.42. The van der Waals surface area contributed by atoms with Gasteiger partial charge in [-0.25, -0.2) is 20.8 Å². The van der Waals surface area contributed by atoms with Crippen LogP contribution in [0.3, 0.4) is 0 Å². The topological polar surface area (TPSA) is 96.7 Å². The van der Waals surface area contributed by atoms with Crippen molar-refractivity contribution < 1.29 is 21.9 Å². The van der Waals surface area contributed by atoms with E-state index in [0.29, 0.717) is 16.8 Å². The molecule has 3 aromatic carbocycles. The quantitative estimate of drug-likeness (QED) is 0.318. The van der Waals surface area contributed by atoms with Crippen molar-refractivity contribution in [1.29, 1.82) is 0 Å². The van der Waals surface area contributed by atoms with Gasteiger partial charge in [0.05, 0.1) is 16.4 Å². The summed E-state index contributed by atoms with van der Waals surface area (Å²) >= 11 is 1.52. The lowest BCUT2D eigenvalue weighted by Crippen LogP contribution is -2.41. The van der Waals surface area contributed by atoms with E-state index < -0.39 is 31.4 Å². The number of aliphatic hydroxyl groups excluding tert-OH is 1. The summed E-state index contributed by atoms with van der Waals surface area (Å²) in [6.07, 6.45) is 1.71. The number of hydrogen-bond donors (Lipinski definition) is 1. The molecule has 0 fully saturated rings. The summed E-state index contributed by atoms with van der Waals surface area (Å²) in [5, 5.41) is 10.3. The van der Waals surface area contributed by atoms with Crippen molar-refractivity contribution >= 4 is 31.8 Å². The molecule has 0 bridgehead atoms. The van der Waals surface area contributed by atoms with Crippen molar-refractivity contribution in [3.05, 3.63) is 113 Å². The first-order valence-electron chi connectivity index (χ1n) is 12.9. The van der Waals surface area contributed by atoms with Gasteiger partial charge in [0.2, 0.25) is 10.0 Å². The number of sulfonamides is 1. The lowest BCUT2D eigenvalue weighted by molar-refractivity contribution is 0.279. The molecule has 0 amide bonds. The molecule has 5 rings (SSSR count). The molecule has 1 atom stereocenters. The van der Waals surface area contributed by atoms with Gasteiger partial charge in [0, 0.05) is 46.6 Å². The van der Waals surface area contributed by atoms with E-state index in [4.69, 9.17) is 0 Å². The largest absolute Gasteiger partial charge is 0.392 e. The number of hydrogen-bond acceptors (Lipinski definition) is 6. The smallest absolute Gasteiger partial charge is 0.267 e. The summed E-state index contributed by atoms with van der Waals surface area (Å²) in [5.74, 6) is 0. The second kappa shape index (κ2) is 10.8. The van der Waals surface area contributed by atoms with Crippen molar-refractivity contribution in [2.24, 2.45) is 0 Å². The number of fused-ring (bicyclic) bond motifs is 1. The van der Waals surface area contributed by atoms with Crippen LogP contribution in [0.5, 0.6) is 0 Å². The van der Waals surface area contributed by atoms with Gasteiger partial charge in [0.25, 0.3) is 10.0 Å². The summed E-state index contributed by atoms with van der Waals surface area (Å²) in [4.78, 5) is 1.25. The van der Waals surface area contributed by atoms with Crippen LogP contribution in [-0.2, 0) is 39.6 Å². The standard InChI is InChI=1S/C30H32N2O5S3/c1-22-9-13-26(14-10-22)39(34,35)31-19-28-24(20-33)18-32(40(36,37)27-15-11-23(2)12-16-27)29(28)17-30(3,21-31)38-25-7-5-4-6-8-25/h4-16,18,33H,17,19-21H2,1-3H3/t30-/m0/s1. The van der Waals surface area contributed by atoms with E-state index in [2.05, 4.69) is 0 Å². The molecule has 0 unspecified atom stereocenters. The van der Waals surface area contributed by atoms with Gasteiger partial charge in [0.15, 0.2) is 0 Å². The average Bonchev–Trinajstić information content (AvgIpc) is 3.18. The lowest BCUT2D eigenvalue weighted by Gasteiger charge is -2.32. The Morgan fingerprint density at radius 1 is 0.825 bits per heavy atom. The minimum atomic E-state index is -4.01. The van der Waals surface area contributed by atoms with Crippen LogP contribution in [0.2, 0.25) is 0 Å². The summed E-state index contributed by atoms with van der Waals surface area (Å²) < 4.78 is 57.7. The van der Waals surface area contributed by atoms with E-state index in [0.717, 1.165) is 16.0 Å². The number of nitrogens with zero attached hydrogens (tertiary/aromatic N) is 2. The second-order valence-electron chi connectivity index (χ2n) is 10.5. The molecule has 4 aromatic rings. The van der Waals surface area contributed by atoms with Gasteiger partial charge in [-0.05, 0) is 62.7 Å². The predicted molar refractivity (Wildman–Crippen MR) is 157 cm³/mol. The molecule has 1 aromatic heterocycles. The fourth-order valence-corrected chi connectivity index (χ4v) is 9.40. The predicted octanol–water partition coefficient (Wildman–Crippen LogP) is 5.13. The second-order valence-corrected chi connectivity index (χ2v) is 15.9. The van der Waals surface area contributed by atoms with E-state index in [1.54, 1.807) is 48.5 Å². The monoisotopic (exact) mass is 596 g/mol. The molecular weight excluding hydrogens is 565 g/mol. The highest BCUT2D eigenvalue weighted by Crippen LogP contribution is 2.42. The van der Waals surface area contributed by atoms with Crippen molar-refractivity contribution in [2.75, 3.05) is 6.54 Å². The Morgan fingerprint density at radius 2 is 1.38 bits per heavy atom. The number of benzene rings is 3. The highest BCUT2D eigenvalue weighted by atomic mass is 32.2. The van der Waals surface area contributed by atoms with E-state index in [1.165, 1.54) is 26.2 Å². The third-order valence-corrected chi connectivity index (χ3v) is 12.0. The van der Waals surface area contributed by atoms with Gasteiger partial charge in [0.1, 0.15) is 0 Å². The van der Waals surface area contributed by atoms with Crippen molar-refractivity contribution in [3.63, 3.8) is 0 Å². The highest BCUT2D eigenvalue weighted by Gasteiger charge is 2.41. The van der Waals surface area contributed by atoms with Crippen LogP contribution in [0.4, 0.5) is 0 Å². The summed E-state index contributed by atoms with van der Waals surface area (Å²) in [6, 6.07) is 23.0. The van der Waals surface area contributed by atoms with E-state index >= 15 is 0 Å². The zero-order chi connectivity index (χ0) is 28.7. The van der Waals surface area contributed by atoms with Crippen LogP contribution < -0.4 is 0 Å². The summed E-state index contributed by atoms with van der Waals surface area (Å²) in [5.41, 5.74) is 3.28. The van der Waals surface area contributed by atoms with E-state index in [-0.39, 0.29) is 29.3 Å². The molecule has 0 saturated carbocycles. The molecule has 2 heterocycles. The molecule has 1 N–H and O–H groups in total. The van der Waals surface area contributed by atoms with Crippen LogP contribution in [0.15, 0.2) is 99.7 Å². The fourth-order valence-electron chi connectivity index (χ4n) is 5.05. The first-order valence-corrected chi connectivity index (χ1v) is 16.6. The van der Waals surface area contributed by atoms with Gasteiger partial charge >= 0.3 is 0 Å². The molecule has 210 valence electrons. The maximum Gasteiger partial charge on any atom is 0.267 e. The highest BCUT2D eigenvalue weighted by molar-refractivity contribution is 8.00. The van der Waals surface area contributed by atoms with Crippen molar-refractivity contribution in [1.82, 2.24) is 8.28 Å². The third kappa shape index (κ3) is 5.51. The minimum absolute atomic E-state index is 0.0528. The zero-order valence-electron chi connectivity index (χ0n) is 22.6. The maximum atomic E-state index is 14.0. The van der Waals surface area contributed by atoms with Crippen LogP contribution in [-0.4, -0.2) is 41.5 Å². The van der Waals surface area contributed by atoms with E-state index in [9.17, 15) is 21.9 Å². The molecule has 1 aliphatic rings.